The number of nitrogens with one attached hydrogen (secondary N) is 2. The molecule has 10 aromatic rings. The number of hydrogen-bond acceptors (Lipinski definition) is 10. The summed E-state index contributed by atoms with van der Waals surface area (Å²) in [6.45, 7) is 5.26. The van der Waals surface area contributed by atoms with E-state index in [1.165, 1.54) is 55.9 Å². The van der Waals surface area contributed by atoms with Crippen LogP contribution in [-0.2, 0) is 26.7 Å². The molecular weight excluding hydrogens is 957 g/mol. The Kier molecular flexibility index (Phi) is 22.2. The van der Waals surface area contributed by atoms with Crippen LogP contribution in [0.1, 0.15) is 22.3 Å². The third-order valence-corrected chi connectivity index (χ3v) is 13.0. The second kappa shape index (κ2) is 27.2. The summed E-state index contributed by atoms with van der Waals surface area (Å²) in [6, 6.07) is 65.4. The largest absolute Gasteiger partial charge is 0.744 e. The first-order chi connectivity index (χ1) is 33.2. The van der Waals surface area contributed by atoms with Gasteiger partial charge >= 0.3 is 0 Å². The Morgan fingerprint density at radius 3 is 1.63 bits per heavy atom. The summed E-state index contributed by atoms with van der Waals surface area (Å²) in [6.07, 6.45) is 1.00. The number of benzene rings is 10. The second-order valence-electron chi connectivity index (χ2n) is 16.3. The number of aryl methyl sites for hydroxylation is 2. The predicted molar refractivity (Wildman–Crippen MR) is 306 cm³/mol. The van der Waals surface area contributed by atoms with E-state index in [1.807, 2.05) is 54.6 Å². The Hall–Kier alpha value is -7.74. The van der Waals surface area contributed by atoms with Crippen molar-refractivity contribution in [3.63, 3.8) is 0 Å². The summed E-state index contributed by atoms with van der Waals surface area (Å²) in [5.41, 5.74) is 19.6. The van der Waals surface area contributed by atoms with E-state index in [0.29, 0.717) is 40.3 Å². The minimum atomic E-state index is -4.53. The zero-order valence-electron chi connectivity index (χ0n) is 42.2. The van der Waals surface area contributed by atoms with Crippen molar-refractivity contribution in [1.82, 2.24) is 24.6 Å². The van der Waals surface area contributed by atoms with Crippen molar-refractivity contribution in [2.75, 3.05) is 29.5 Å². The van der Waals surface area contributed by atoms with E-state index in [4.69, 9.17) is 11.5 Å². The lowest BCUT2D eigenvalue weighted by Crippen LogP contribution is -2.13. The summed E-state index contributed by atoms with van der Waals surface area (Å²) in [4.78, 5) is -0.407. The molecule has 382 valence electrons. The summed E-state index contributed by atoms with van der Waals surface area (Å²) in [5, 5.41) is 13.5. The van der Waals surface area contributed by atoms with E-state index in [9.17, 15) is 25.9 Å². The van der Waals surface area contributed by atoms with Crippen molar-refractivity contribution in [3.05, 3.63) is 229 Å². The van der Waals surface area contributed by atoms with Gasteiger partial charge in [0, 0.05) is 57.4 Å². The quantitative estimate of drug-likeness (QED) is 0.0499. The van der Waals surface area contributed by atoms with Crippen molar-refractivity contribution in [1.29, 1.82) is 0 Å². The SMILES string of the molecule is Cc1ccc2cc(Cc3ccccc3)ccc2c1.Cc1cccc2cccc(N)c12.NCCNc1cccc2c(S(=O)(=O)[O-])cccc12.O=S(=O)([O-])c1cccc2cccc(Nc3ccccc3)c12.[NH4+].[NH4+].[NH4+].[NH4+]. The number of fused-ring (bicyclic) bond motifs is 4. The van der Waals surface area contributed by atoms with E-state index in [2.05, 4.69) is 115 Å². The second-order valence-corrected chi connectivity index (χ2v) is 19.0. The summed E-state index contributed by atoms with van der Waals surface area (Å²) < 4.78 is 67.9. The fraction of sp³-hybridized carbons (Fsp3) is 0.0877. The van der Waals surface area contributed by atoms with Crippen molar-refractivity contribution in [3.8, 4) is 0 Å². The van der Waals surface area contributed by atoms with Crippen LogP contribution < -0.4 is 46.7 Å². The number of nitrogen functional groups attached to an aromatic ring is 1. The third kappa shape index (κ3) is 15.6. The third-order valence-electron chi connectivity index (χ3n) is 11.3. The number of quaternary nitrogens is 4. The van der Waals surface area contributed by atoms with Gasteiger partial charge in [0.25, 0.3) is 0 Å². The molecule has 0 aliphatic carbocycles. The van der Waals surface area contributed by atoms with Crippen molar-refractivity contribution in [2.45, 2.75) is 30.1 Å². The highest BCUT2D eigenvalue weighted by Gasteiger charge is 2.12. The fourth-order valence-electron chi connectivity index (χ4n) is 8.07. The molecule has 0 spiro atoms. The maximum absolute atomic E-state index is 11.5. The van der Waals surface area contributed by atoms with Crippen molar-refractivity contribution >= 4 is 86.1 Å². The maximum atomic E-state index is 11.5. The number of para-hydroxylation sites is 1. The lowest BCUT2D eigenvalue weighted by Gasteiger charge is -2.15. The number of nitrogens with two attached hydrogens (primary N) is 2. The van der Waals surface area contributed by atoms with Gasteiger partial charge < -0.3 is 55.8 Å². The molecule has 0 heterocycles. The van der Waals surface area contributed by atoms with Gasteiger partial charge in [0.05, 0.1) is 9.79 Å². The van der Waals surface area contributed by atoms with Gasteiger partial charge in [-0.05, 0) is 101 Å². The molecule has 22 N–H and O–H groups in total. The van der Waals surface area contributed by atoms with Crippen LogP contribution in [0, 0.1) is 13.8 Å². The lowest BCUT2D eigenvalue weighted by molar-refractivity contribution is 0.462. The van der Waals surface area contributed by atoms with Gasteiger partial charge in [-0.2, -0.15) is 0 Å². The predicted octanol–water partition coefficient (Wildman–Crippen LogP) is 13.6. The Morgan fingerprint density at radius 2 is 0.986 bits per heavy atom. The van der Waals surface area contributed by atoms with Crippen molar-refractivity contribution < 1.29 is 25.9 Å². The number of anilines is 4. The highest BCUT2D eigenvalue weighted by Crippen LogP contribution is 2.32. The molecule has 0 amide bonds. The first-order valence-corrected chi connectivity index (χ1v) is 25.0. The van der Waals surface area contributed by atoms with E-state index in [0.717, 1.165) is 23.5 Å². The van der Waals surface area contributed by atoms with Gasteiger partial charge in [0.15, 0.2) is 0 Å². The van der Waals surface area contributed by atoms with Crippen LogP contribution >= 0.6 is 0 Å². The zero-order valence-corrected chi connectivity index (χ0v) is 43.8. The Labute approximate surface area is 428 Å². The van der Waals surface area contributed by atoms with Crippen LogP contribution in [0.15, 0.2) is 216 Å². The Balaban J connectivity index is 0.000000256. The molecular formula is C57H68N8O6S2+2. The minimum absolute atomic E-state index is 0. The Bertz CT molecular complexity index is 3570. The number of hydrogen-bond donors (Lipinski definition) is 8. The molecule has 0 unspecified atom stereocenters. The molecule has 0 bridgehead atoms. The molecule has 10 aromatic carbocycles. The minimum Gasteiger partial charge on any atom is -0.744 e. The molecule has 0 radical (unpaired) electrons. The monoisotopic (exact) mass is 1020 g/mol. The average molecular weight is 1030 g/mol. The first-order valence-electron chi connectivity index (χ1n) is 22.2. The van der Waals surface area contributed by atoms with Crippen LogP contribution in [0.4, 0.5) is 22.7 Å². The highest BCUT2D eigenvalue weighted by molar-refractivity contribution is 7.86. The fourth-order valence-corrected chi connectivity index (χ4v) is 9.49. The molecule has 0 aliphatic heterocycles. The summed E-state index contributed by atoms with van der Waals surface area (Å²) in [7, 11) is -9.00. The highest BCUT2D eigenvalue weighted by atomic mass is 32.2. The molecule has 0 saturated carbocycles. The normalized spacial score (nSPS) is 10.5. The molecule has 0 aromatic heterocycles. The summed E-state index contributed by atoms with van der Waals surface area (Å²) >= 11 is 0. The lowest BCUT2D eigenvalue weighted by atomic mass is 10.0. The topological polar surface area (TPSA) is 336 Å². The summed E-state index contributed by atoms with van der Waals surface area (Å²) in [5.74, 6) is 0. The molecule has 0 atom stereocenters. The molecule has 0 saturated heterocycles. The van der Waals surface area contributed by atoms with Gasteiger partial charge in [-0.15, -0.1) is 0 Å². The van der Waals surface area contributed by atoms with Gasteiger partial charge in [-0.25, -0.2) is 16.8 Å². The van der Waals surface area contributed by atoms with Gasteiger partial charge in [-0.3, -0.25) is 0 Å². The molecule has 16 heteroatoms. The molecule has 0 fully saturated rings. The van der Waals surface area contributed by atoms with E-state index < -0.39 is 20.2 Å². The molecule has 0 aliphatic rings. The van der Waals surface area contributed by atoms with Crippen LogP contribution in [0.2, 0.25) is 0 Å². The van der Waals surface area contributed by atoms with Gasteiger partial charge in [0.2, 0.25) is 0 Å². The van der Waals surface area contributed by atoms with Crippen LogP contribution in [0.5, 0.6) is 0 Å². The van der Waals surface area contributed by atoms with Gasteiger partial charge in [-0.1, -0.05) is 169 Å². The molecule has 14 nitrogen and oxygen atoms in total. The van der Waals surface area contributed by atoms with Crippen LogP contribution in [0.25, 0.3) is 43.1 Å². The van der Waals surface area contributed by atoms with Crippen LogP contribution in [-0.4, -0.2) is 39.0 Å². The maximum Gasteiger partial charge on any atom is 0.125 e. The smallest absolute Gasteiger partial charge is 0.125 e. The van der Waals surface area contributed by atoms with Crippen molar-refractivity contribution in [2.24, 2.45) is 5.73 Å². The zero-order chi connectivity index (χ0) is 49.0. The van der Waals surface area contributed by atoms with E-state index in [1.54, 1.807) is 48.5 Å². The number of rotatable bonds is 9. The Morgan fingerprint density at radius 1 is 0.466 bits per heavy atom. The average Bonchev–Trinajstić information content (AvgIpc) is 3.34. The van der Waals surface area contributed by atoms with E-state index >= 15 is 0 Å². The van der Waals surface area contributed by atoms with Crippen LogP contribution in [0.3, 0.4) is 0 Å². The van der Waals surface area contributed by atoms with Gasteiger partial charge in [0.1, 0.15) is 20.2 Å². The van der Waals surface area contributed by atoms with E-state index in [-0.39, 0.29) is 34.4 Å². The molecule has 73 heavy (non-hydrogen) atoms. The standard InChI is InChI=1S/C18H16.C16H13NO3S.C12H14N2O3S.C11H11N.4H3N/c1-14-7-9-18-13-16(8-10-17(18)11-14)12-15-5-3-2-4-6-15;18-21(19,20)15-11-5-7-12-6-4-10-14(16(12)15)17-13-8-2-1-3-9-13;13-7-8-14-11-5-1-4-10-9(11)3-2-6-12(10)18(15,16)17;1-8-4-2-5-9-6-3-7-10(12)11(8)9;;;;/h2-11,13H,12H2,1H3;1-11,17H,(H,18,19,20);1-6,14H,7-8,13H2,(H,15,16,17);2-7H,12H2,1H3;4*1H3/p+2. The first kappa shape index (κ1) is 59.6. The molecule has 10 rings (SSSR count).